The molecule has 1 rings (SSSR count). The first-order valence-electron chi connectivity index (χ1n) is 6.00. The summed E-state index contributed by atoms with van der Waals surface area (Å²) in [4.78, 5) is 11.2. The second-order valence-corrected chi connectivity index (χ2v) is 4.32. The van der Waals surface area contributed by atoms with Crippen LogP contribution in [0.3, 0.4) is 0 Å². The standard InChI is InChI=1S/C11H20O7/c1-2-3-4-7(12)17-5-6-8(13)9(14)10(15)11(16)18-6/h6,8-11,13-16H,2-5H2,1H3/t6-,8+,9+,10-,11+/m1/s1. The molecule has 0 saturated carbocycles. The number of carbonyl (C=O) groups excluding carboxylic acids is 1. The Kier molecular flexibility index (Phi) is 5.97. The summed E-state index contributed by atoms with van der Waals surface area (Å²) >= 11 is 0. The number of ether oxygens (including phenoxy) is 2. The molecule has 1 aliphatic heterocycles. The molecule has 0 amide bonds. The topological polar surface area (TPSA) is 116 Å². The predicted molar refractivity (Wildman–Crippen MR) is 59.4 cm³/mol. The van der Waals surface area contributed by atoms with Gasteiger partial charge in [0, 0.05) is 6.42 Å². The van der Waals surface area contributed by atoms with E-state index in [-0.39, 0.29) is 13.0 Å². The van der Waals surface area contributed by atoms with Crippen molar-refractivity contribution in [3.63, 3.8) is 0 Å². The van der Waals surface area contributed by atoms with E-state index in [0.29, 0.717) is 6.42 Å². The number of hydrogen-bond donors (Lipinski definition) is 4. The summed E-state index contributed by atoms with van der Waals surface area (Å²) in [6.45, 7) is 1.67. The Morgan fingerprint density at radius 3 is 2.44 bits per heavy atom. The van der Waals surface area contributed by atoms with Gasteiger partial charge in [0.2, 0.25) is 0 Å². The summed E-state index contributed by atoms with van der Waals surface area (Å²) in [6.07, 6.45) is -5.35. The molecule has 0 aliphatic carbocycles. The molecule has 1 heterocycles. The van der Waals surface area contributed by atoms with E-state index in [1.165, 1.54) is 0 Å². The minimum Gasteiger partial charge on any atom is -0.463 e. The zero-order chi connectivity index (χ0) is 13.7. The first-order valence-corrected chi connectivity index (χ1v) is 6.00. The number of hydrogen-bond acceptors (Lipinski definition) is 7. The van der Waals surface area contributed by atoms with E-state index >= 15 is 0 Å². The number of unbranched alkanes of at least 4 members (excludes halogenated alkanes) is 1. The lowest BCUT2D eigenvalue weighted by Gasteiger charge is -2.37. The number of esters is 1. The second-order valence-electron chi connectivity index (χ2n) is 4.32. The summed E-state index contributed by atoms with van der Waals surface area (Å²) in [5.74, 6) is -0.428. The van der Waals surface area contributed by atoms with Gasteiger partial charge in [-0.25, -0.2) is 0 Å². The van der Waals surface area contributed by atoms with Crippen molar-refractivity contribution in [3.05, 3.63) is 0 Å². The molecule has 0 aromatic rings. The molecule has 1 fully saturated rings. The van der Waals surface area contributed by atoms with E-state index < -0.39 is 36.7 Å². The van der Waals surface area contributed by atoms with Gasteiger partial charge in [-0.1, -0.05) is 13.3 Å². The third-order valence-electron chi connectivity index (χ3n) is 2.83. The number of rotatable bonds is 5. The molecule has 0 spiro atoms. The summed E-state index contributed by atoms with van der Waals surface area (Å²) < 4.78 is 9.71. The number of carbonyl (C=O) groups is 1. The SMILES string of the molecule is CCCCC(=O)OC[C@H]1O[C@H](O)[C@H](O)[C@@H](O)[C@H]1O. The minimum absolute atomic E-state index is 0.271. The zero-order valence-corrected chi connectivity index (χ0v) is 10.2. The van der Waals surface area contributed by atoms with Crippen LogP contribution in [0.5, 0.6) is 0 Å². The predicted octanol–water partition coefficient (Wildman–Crippen LogP) is -1.48. The summed E-state index contributed by atoms with van der Waals surface area (Å²) in [6, 6.07) is 0. The van der Waals surface area contributed by atoms with Crippen molar-refractivity contribution in [1.82, 2.24) is 0 Å². The molecule has 0 radical (unpaired) electrons. The van der Waals surface area contributed by atoms with Crippen molar-refractivity contribution in [3.8, 4) is 0 Å². The van der Waals surface area contributed by atoms with Gasteiger partial charge in [0.25, 0.3) is 0 Å². The van der Waals surface area contributed by atoms with E-state index in [0.717, 1.165) is 6.42 Å². The van der Waals surface area contributed by atoms with Crippen LogP contribution < -0.4 is 0 Å². The summed E-state index contributed by atoms with van der Waals surface area (Å²) in [7, 11) is 0. The average molecular weight is 264 g/mol. The van der Waals surface area contributed by atoms with Crippen molar-refractivity contribution in [2.45, 2.75) is 56.9 Å². The Balaban J connectivity index is 2.39. The van der Waals surface area contributed by atoms with Crippen LogP contribution in [0, 0.1) is 0 Å². The van der Waals surface area contributed by atoms with E-state index in [1.54, 1.807) is 0 Å². The van der Waals surface area contributed by atoms with Crippen LogP contribution in [0.1, 0.15) is 26.2 Å². The molecule has 106 valence electrons. The fourth-order valence-electron chi connectivity index (χ4n) is 1.64. The van der Waals surface area contributed by atoms with Crippen LogP contribution in [0.25, 0.3) is 0 Å². The minimum atomic E-state index is -1.61. The van der Waals surface area contributed by atoms with E-state index in [1.807, 2.05) is 6.92 Å². The molecular formula is C11H20O7. The van der Waals surface area contributed by atoms with Crippen LogP contribution in [0.2, 0.25) is 0 Å². The molecule has 0 aromatic heterocycles. The maximum atomic E-state index is 11.2. The number of aliphatic hydroxyl groups is 4. The van der Waals surface area contributed by atoms with Gasteiger partial charge in [0.1, 0.15) is 31.0 Å². The fraction of sp³-hybridized carbons (Fsp3) is 0.909. The van der Waals surface area contributed by atoms with Gasteiger partial charge in [-0.2, -0.15) is 0 Å². The van der Waals surface area contributed by atoms with Crippen molar-refractivity contribution >= 4 is 5.97 Å². The molecule has 1 aliphatic rings. The first-order chi connectivity index (χ1) is 8.47. The van der Waals surface area contributed by atoms with Crippen LogP contribution in [-0.4, -0.2) is 63.7 Å². The molecule has 0 bridgehead atoms. The highest BCUT2D eigenvalue weighted by Crippen LogP contribution is 2.20. The molecule has 7 heteroatoms. The summed E-state index contributed by atoms with van der Waals surface area (Å²) in [5.41, 5.74) is 0. The second kappa shape index (κ2) is 7.01. The monoisotopic (exact) mass is 264 g/mol. The Morgan fingerprint density at radius 2 is 1.83 bits per heavy atom. The lowest BCUT2D eigenvalue weighted by atomic mass is 9.99. The lowest BCUT2D eigenvalue weighted by Crippen LogP contribution is -2.58. The van der Waals surface area contributed by atoms with Crippen LogP contribution >= 0.6 is 0 Å². The maximum Gasteiger partial charge on any atom is 0.305 e. The Bertz CT molecular complexity index is 270. The van der Waals surface area contributed by atoms with Crippen molar-refractivity contribution < 1.29 is 34.7 Å². The van der Waals surface area contributed by atoms with Gasteiger partial charge in [-0.15, -0.1) is 0 Å². The molecule has 18 heavy (non-hydrogen) atoms. The van der Waals surface area contributed by atoms with Gasteiger partial charge in [-0.05, 0) is 6.42 Å². The normalized spacial score (nSPS) is 36.4. The molecular weight excluding hydrogens is 244 g/mol. The van der Waals surface area contributed by atoms with Crippen LogP contribution in [0.4, 0.5) is 0 Å². The Labute approximate surface area is 105 Å². The smallest absolute Gasteiger partial charge is 0.305 e. The largest absolute Gasteiger partial charge is 0.463 e. The average Bonchev–Trinajstić information content (AvgIpc) is 2.36. The molecule has 7 nitrogen and oxygen atoms in total. The Morgan fingerprint density at radius 1 is 1.17 bits per heavy atom. The third-order valence-corrected chi connectivity index (χ3v) is 2.83. The van der Waals surface area contributed by atoms with Gasteiger partial charge in [-0.3, -0.25) is 4.79 Å². The highest BCUT2D eigenvalue weighted by atomic mass is 16.6. The molecule has 0 aromatic carbocycles. The highest BCUT2D eigenvalue weighted by molar-refractivity contribution is 5.69. The van der Waals surface area contributed by atoms with Crippen molar-refractivity contribution in [1.29, 1.82) is 0 Å². The van der Waals surface area contributed by atoms with Crippen molar-refractivity contribution in [2.24, 2.45) is 0 Å². The van der Waals surface area contributed by atoms with Gasteiger partial charge in [0.05, 0.1) is 0 Å². The molecule has 1 saturated heterocycles. The van der Waals surface area contributed by atoms with Gasteiger partial charge >= 0.3 is 5.97 Å². The lowest BCUT2D eigenvalue weighted by molar-refractivity contribution is -0.287. The maximum absolute atomic E-state index is 11.2. The van der Waals surface area contributed by atoms with Crippen LogP contribution in [0.15, 0.2) is 0 Å². The third kappa shape index (κ3) is 3.89. The van der Waals surface area contributed by atoms with E-state index in [9.17, 15) is 25.2 Å². The molecule has 0 unspecified atom stereocenters. The van der Waals surface area contributed by atoms with E-state index in [2.05, 4.69) is 0 Å². The van der Waals surface area contributed by atoms with Gasteiger partial charge < -0.3 is 29.9 Å². The zero-order valence-electron chi connectivity index (χ0n) is 10.2. The highest BCUT2D eigenvalue weighted by Gasteiger charge is 2.43. The Hall–Kier alpha value is -0.730. The van der Waals surface area contributed by atoms with Crippen LogP contribution in [-0.2, 0) is 14.3 Å². The summed E-state index contributed by atoms with van der Waals surface area (Å²) in [5, 5.41) is 37.5. The van der Waals surface area contributed by atoms with Gasteiger partial charge in [0.15, 0.2) is 6.29 Å². The molecule has 4 N–H and O–H groups in total. The number of aliphatic hydroxyl groups excluding tert-OH is 4. The van der Waals surface area contributed by atoms with Crippen molar-refractivity contribution in [2.75, 3.05) is 6.61 Å². The van der Waals surface area contributed by atoms with E-state index in [4.69, 9.17) is 9.47 Å². The first kappa shape index (κ1) is 15.3. The molecule has 5 atom stereocenters. The fourth-order valence-corrected chi connectivity index (χ4v) is 1.64. The quantitative estimate of drug-likeness (QED) is 0.447.